The van der Waals surface area contributed by atoms with E-state index in [2.05, 4.69) is 39.5 Å². The molecule has 0 saturated carbocycles. The van der Waals surface area contributed by atoms with Gasteiger partial charge >= 0.3 is 0 Å². The molecule has 0 saturated heterocycles. The molecule has 0 rings (SSSR count). The van der Waals surface area contributed by atoms with E-state index in [0.717, 1.165) is 11.7 Å². The Bertz CT molecular complexity index is 190. The first-order chi connectivity index (χ1) is 6.90. The molecule has 15 heavy (non-hydrogen) atoms. The van der Waals surface area contributed by atoms with Gasteiger partial charge in [-0.15, -0.1) is 0 Å². The molecule has 0 aliphatic heterocycles. The first-order valence-electron chi connectivity index (χ1n) is 5.86. The van der Waals surface area contributed by atoms with E-state index >= 15 is 0 Å². The van der Waals surface area contributed by atoms with Crippen LogP contribution in [0.4, 0.5) is 0 Å². The van der Waals surface area contributed by atoms with Crippen LogP contribution in [0.25, 0.3) is 0 Å². The van der Waals surface area contributed by atoms with Crippen LogP contribution in [0.5, 0.6) is 0 Å². The van der Waals surface area contributed by atoms with E-state index in [9.17, 15) is 0 Å². The van der Waals surface area contributed by atoms with Crippen LogP contribution in [0.2, 0.25) is 0 Å². The van der Waals surface area contributed by atoms with Crippen molar-refractivity contribution in [2.24, 2.45) is 11.1 Å². The molecule has 3 heteroatoms. The minimum Gasteiger partial charge on any atom is -0.387 e. The molecule has 1 atom stereocenters. The van der Waals surface area contributed by atoms with Crippen LogP contribution in [0.1, 0.15) is 53.4 Å². The smallest absolute Gasteiger partial charge is 0.0963 e. The number of unbranched alkanes of at least 4 members (excludes halogenated alkanes) is 1. The van der Waals surface area contributed by atoms with Crippen LogP contribution in [-0.2, 0) is 0 Å². The van der Waals surface area contributed by atoms with Crippen molar-refractivity contribution in [3.63, 3.8) is 0 Å². The number of amidine groups is 1. The van der Waals surface area contributed by atoms with Gasteiger partial charge in [-0.3, -0.25) is 5.41 Å². The minimum absolute atomic E-state index is 0.110. The van der Waals surface area contributed by atoms with Gasteiger partial charge in [0.25, 0.3) is 0 Å². The predicted molar refractivity (Wildman–Crippen MR) is 71.8 cm³/mol. The Morgan fingerprint density at radius 1 is 1.40 bits per heavy atom. The summed E-state index contributed by atoms with van der Waals surface area (Å²) in [4.78, 5) is 0. The van der Waals surface area contributed by atoms with Gasteiger partial charge in [0, 0.05) is 10.7 Å². The monoisotopic (exact) mass is 230 g/mol. The molecule has 3 N–H and O–H groups in total. The summed E-state index contributed by atoms with van der Waals surface area (Å²) in [5.74, 6) is 1.56. The van der Waals surface area contributed by atoms with Crippen LogP contribution < -0.4 is 5.73 Å². The standard InChI is InChI=1S/C12H26N2S/c1-5-10(2)15-9-7-6-8-12(3,4)11(13)14/h10H,5-9H2,1-4H3,(H3,13,14). The van der Waals surface area contributed by atoms with E-state index in [1.807, 2.05) is 0 Å². The van der Waals surface area contributed by atoms with Gasteiger partial charge in [0.05, 0.1) is 5.84 Å². The molecule has 0 fully saturated rings. The van der Waals surface area contributed by atoms with Crippen molar-refractivity contribution in [2.75, 3.05) is 5.75 Å². The van der Waals surface area contributed by atoms with Crippen LogP contribution >= 0.6 is 11.8 Å². The first-order valence-corrected chi connectivity index (χ1v) is 6.91. The van der Waals surface area contributed by atoms with E-state index in [1.54, 1.807) is 0 Å². The van der Waals surface area contributed by atoms with Gasteiger partial charge in [0.2, 0.25) is 0 Å². The average molecular weight is 230 g/mol. The van der Waals surface area contributed by atoms with E-state index < -0.39 is 0 Å². The van der Waals surface area contributed by atoms with Gasteiger partial charge in [-0.2, -0.15) is 11.8 Å². The SMILES string of the molecule is CCC(C)SCCCCC(C)(C)C(=N)N. The fourth-order valence-electron chi connectivity index (χ4n) is 1.21. The molecule has 0 spiro atoms. The normalized spacial score (nSPS) is 13.9. The third kappa shape index (κ3) is 6.82. The number of nitrogens with two attached hydrogens (primary N) is 1. The Balaban J connectivity index is 3.51. The topological polar surface area (TPSA) is 49.9 Å². The molecule has 2 nitrogen and oxygen atoms in total. The largest absolute Gasteiger partial charge is 0.387 e. The number of hydrogen-bond acceptors (Lipinski definition) is 2. The highest BCUT2D eigenvalue weighted by Crippen LogP contribution is 2.24. The van der Waals surface area contributed by atoms with Gasteiger partial charge in [0.15, 0.2) is 0 Å². The number of nitrogens with one attached hydrogen (secondary N) is 1. The summed E-state index contributed by atoms with van der Waals surface area (Å²) < 4.78 is 0. The summed E-state index contributed by atoms with van der Waals surface area (Å²) in [6, 6.07) is 0. The summed E-state index contributed by atoms with van der Waals surface area (Å²) in [7, 11) is 0. The Morgan fingerprint density at radius 3 is 2.47 bits per heavy atom. The lowest BCUT2D eigenvalue weighted by molar-refractivity contribution is 0.448. The number of hydrogen-bond donors (Lipinski definition) is 2. The van der Waals surface area contributed by atoms with Gasteiger partial charge in [0.1, 0.15) is 0 Å². The maximum Gasteiger partial charge on any atom is 0.0963 e. The molecule has 0 aliphatic carbocycles. The zero-order valence-corrected chi connectivity index (χ0v) is 11.4. The Hall–Kier alpha value is -0.180. The predicted octanol–water partition coefficient (Wildman–Crippen LogP) is 3.65. The number of rotatable bonds is 8. The quantitative estimate of drug-likeness (QED) is 0.380. The third-order valence-electron chi connectivity index (χ3n) is 2.90. The second-order valence-electron chi connectivity index (χ2n) is 4.84. The highest BCUT2D eigenvalue weighted by molar-refractivity contribution is 7.99. The summed E-state index contributed by atoms with van der Waals surface area (Å²) >= 11 is 2.05. The Labute approximate surface area is 98.9 Å². The lowest BCUT2D eigenvalue weighted by Crippen LogP contribution is -2.30. The van der Waals surface area contributed by atoms with Crippen LogP contribution in [0.3, 0.4) is 0 Å². The van der Waals surface area contributed by atoms with Gasteiger partial charge in [-0.25, -0.2) is 0 Å². The second kappa shape index (κ2) is 7.15. The third-order valence-corrected chi connectivity index (χ3v) is 4.33. The summed E-state index contributed by atoms with van der Waals surface area (Å²) in [5.41, 5.74) is 5.42. The Kier molecular flexibility index (Phi) is 7.07. The second-order valence-corrected chi connectivity index (χ2v) is 6.39. The van der Waals surface area contributed by atoms with E-state index in [4.69, 9.17) is 11.1 Å². The van der Waals surface area contributed by atoms with E-state index in [1.165, 1.54) is 25.0 Å². The van der Waals surface area contributed by atoms with Crippen LogP contribution in [-0.4, -0.2) is 16.8 Å². The molecule has 0 radical (unpaired) electrons. The summed E-state index contributed by atoms with van der Waals surface area (Å²) in [6.07, 6.45) is 4.70. The van der Waals surface area contributed by atoms with Crippen molar-refractivity contribution in [3.8, 4) is 0 Å². The molecule has 1 unspecified atom stereocenters. The highest BCUT2D eigenvalue weighted by atomic mass is 32.2. The van der Waals surface area contributed by atoms with Gasteiger partial charge in [-0.1, -0.05) is 34.1 Å². The molecule has 0 aliphatic rings. The van der Waals surface area contributed by atoms with Gasteiger partial charge in [-0.05, 0) is 25.0 Å². The van der Waals surface area contributed by atoms with Gasteiger partial charge < -0.3 is 5.73 Å². The molecule has 0 aromatic heterocycles. The molecule has 0 bridgehead atoms. The summed E-state index contributed by atoms with van der Waals surface area (Å²) in [6.45, 7) is 8.62. The molecular weight excluding hydrogens is 204 g/mol. The molecule has 0 amide bonds. The highest BCUT2D eigenvalue weighted by Gasteiger charge is 2.20. The fraction of sp³-hybridized carbons (Fsp3) is 0.917. The average Bonchev–Trinajstić information content (AvgIpc) is 2.16. The van der Waals surface area contributed by atoms with Crippen molar-refractivity contribution in [3.05, 3.63) is 0 Å². The fourth-order valence-corrected chi connectivity index (χ4v) is 2.21. The first kappa shape index (κ1) is 14.8. The van der Waals surface area contributed by atoms with Crippen molar-refractivity contribution < 1.29 is 0 Å². The zero-order valence-electron chi connectivity index (χ0n) is 10.6. The van der Waals surface area contributed by atoms with Crippen LogP contribution in [0.15, 0.2) is 0 Å². The molecular formula is C12H26N2S. The number of thioether (sulfide) groups is 1. The zero-order chi connectivity index (χ0) is 11.9. The molecule has 0 aromatic rings. The van der Waals surface area contributed by atoms with Crippen molar-refractivity contribution in [1.82, 2.24) is 0 Å². The van der Waals surface area contributed by atoms with E-state index in [0.29, 0.717) is 5.84 Å². The van der Waals surface area contributed by atoms with Crippen molar-refractivity contribution >= 4 is 17.6 Å². The Morgan fingerprint density at radius 2 is 2.00 bits per heavy atom. The minimum atomic E-state index is -0.110. The van der Waals surface area contributed by atoms with Crippen molar-refractivity contribution in [1.29, 1.82) is 5.41 Å². The maximum absolute atomic E-state index is 7.45. The lowest BCUT2D eigenvalue weighted by Gasteiger charge is -2.22. The molecule has 90 valence electrons. The van der Waals surface area contributed by atoms with Crippen LogP contribution in [0, 0.1) is 10.8 Å². The molecule has 0 aromatic carbocycles. The summed E-state index contributed by atoms with van der Waals surface area (Å²) in [5, 5.41) is 8.23. The van der Waals surface area contributed by atoms with Crippen molar-refractivity contribution in [2.45, 2.75) is 58.6 Å². The molecule has 0 heterocycles. The lowest BCUT2D eigenvalue weighted by atomic mass is 9.86. The maximum atomic E-state index is 7.45. The van der Waals surface area contributed by atoms with E-state index in [-0.39, 0.29) is 5.41 Å².